The minimum absolute atomic E-state index is 0.314. The van der Waals surface area contributed by atoms with Gasteiger partial charge in [0.1, 0.15) is 0 Å². The lowest BCUT2D eigenvalue weighted by atomic mass is 10.1. The fourth-order valence-corrected chi connectivity index (χ4v) is 2.14. The lowest BCUT2D eigenvalue weighted by Crippen LogP contribution is -1.84. The van der Waals surface area contributed by atoms with Gasteiger partial charge in [0, 0.05) is 0 Å². The maximum Gasteiger partial charge on any atom is 0.0516 e. The normalized spacial score (nSPS) is 24.5. The number of thiol groups is 2. The highest BCUT2D eigenvalue weighted by atomic mass is 32.1. The average molecular weight is 212 g/mol. The smallest absolute Gasteiger partial charge is 0.0516 e. The molecule has 1 rings (SSSR count). The van der Waals surface area contributed by atoms with Crippen molar-refractivity contribution in [3.63, 3.8) is 0 Å². The van der Waals surface area contributed by atoms with E-state index in [1.165, 1.54) is 16.7 Å². The zero-order chi connectivity index (χ0) is 10.0. The first-order valence-electron chi connectivity index (χ1n) is 4.53. The van der Waals surface area contributed by atoms with Crippen LogP contribution in [-0.4, -0.2) is 5.25 Å². The van der Waals surface area contributed by atoms with E-state index in [0.29, 0.717) is 5.25 Å². The van der Waals surface area contributed by atoms with Gasteiger partial charge >= 0.3 is 0 Å². The largest absolute Gasteiger partial charge is 0.166 e. The van der Waals surface area contributed by atoms with Crippen molar-refractivity contribution in [3.05, 3.63) is 34.8 Å². The Hall–Kier alpha value is -0.0800. The summed E-state index contributed by atoms with van der Waals surface area (Å²) in [5.74, 6) is 0. The van der Waals surface area contributed by atoms with E-state index in [9.17, 15) is 0 Å². The molecule has 1 atom stereocenters. The molecule has 0 bridgehead atoms. The molecule has 2 heteroatoms. The van der Waals surface area contributed by atoms with Gasteiger partial charge in [0.25, 0.3) is 0 Å². The maximum absolute atomic E-state index is 4.41. The van der Waals surface area contributed by atoms with Crippen LogP contribution in [0.15, 0.2) is 34.8 Å². The van der Waals surface area contributed by atoms with E-state index in [1.807, 2.05) is 0 Å². The van der Waals surface area contributed by atoms with Crippen molar-refractivity contribution in [2.24, 2.45) is 0 Å². The minimum Gasteiger partial charge on any atom is -0.166 e. The van der Waals surface area contributed by atoms with E-state index < -0.39 is 0 Å². The van der Waals surface area contributed by atoms with Gasteiger partial charge in [0.05, 0.1) is 5.25 Å². The number of rotatable bonds is 4. The molecule has 0 N–H and O–H groups in total. The van der Waals surface area contributed by atoms with Crippen LogP contribution in [-0.2, 0) is 0 Å². The zero-order valence-corrected chi connectivity index (χ0v) is 9.80. The first-order chi connectivity index (χ1) is 6.07. The quantitative estimate of drug-likeness (QED) is 0.651. The summed E-state index contributed by atoms with van der Waals surface area (Å²) in [4.78, 5) is 0.927. The SMILES string of the molecule is C=C(S)C/C(CCC)=C1/C(=C)C1S. The molecule has 0 saturated heterocycles. The summed E-state index contributed by atoms with van der Waals surface area (Å²) in [6.07, 6.45) is 3.17. The minimum atomic E-state index is 0.314. The molecular formula is C11H16S2. The Morgan fingerprint density at radius 2 is 2.08 bits per heavy atom. The molecule has 0 nitrogen and oxygen atoms in total. The number of hydrogen-bond acceptors (Lipinski definition) is 2. The standard InChI is InChI=1S/C11H16S2/c1-4-5-9(6-7(2)12)10-8(3)11(10)13/h11-13H,2-6H2,1H3/b10-9-. The Bertz CT molecular complexity index is 274. The molecule has 72 valence electrons. The van der Waals surface area contributed by atoms with E-state index >= 15 is 0 Å². The Morgan fingerprint density at radius 1 is 1.54 bits per heavy atom. The van der Waals surface area contributed by atoms with E-state index in [0.717, 1.165) is 24.2 Å². The molecule has 0 amide bonds. The molecular weight excluding hydrogens is 196 g/mol. The van der Waals surface area contributed by atoms with E-state index in [4.69, 9.17) is 0 Å². The molecule has 13 heavy (non-hydrogen) atoms. The van der Waals surface area contributed by atoms with Gasteiger partial charge < -0.3 is 0 Å². The van der Waals surface area contributed by atoms with Crippen molar-refractivity contribution in [2.45, 2.75) is 31.4 Å². The van der Waals surface area contributed by atoms with Gasteiger partial charge in [0.2, 0.25) is 0 Å². The van der Waals surface area contributed by atoms with E-state index in [2.05, 4.69) is 45.3 Å². The Morgan fingerprint density at radius 3 is 2.38 bits per heavy atom. The summed E-state index contributed by atoms with van der Waals surface area (Å²) in [7, 11) is 0. The second-order valence-corrected chi connectivity index (χ2v) is 4.59. The van der Waals surface area contributed by atoms with Gasteiger partial charge in [-0.2, -0.15) is 12.6 Å². The number of allylic oxidation sites excluding steroid dienone is 2. The maximum atomic E-state index is 4.41. The third-order valence-corrected chi connectivity index (χ3v) is 2.94. The summed E-state index contributed by atoms with van der Waals surface area (Å²) >= 11 is 8.64. The molecule has 0 aromatic rings. The van der Waals surface area contributed by atoms with Crippen LogP contribution in [0.5, 0.6) is 0 Å². The average Bonchev–Trinajstić information content (AvgIpc) is 2.58. The number of hydrogen-bond donors (Lipinski definition) is 2. The highest BCUT2D eigenvalue weighted by molar-refractivity contribution is 7.84. The molecule has 0 spiro atoms. The molecule has 1 saturated carbocycles. The fourth-order valence-electron chi connectivity index (χ4n) is 1.54. The molecule has 1 aliphatic rings. The van der Waals surface area contributed by atoms with Gasteiger partial charge in [-0.05, 0) is 28.9 Å². The topological polar surface area (TPSA) is 0 Å². The molecule has 0 aromatic carbocycles. The van der Waals surface area contributed by atoms with Gasteiger partial charge in [-0.3, -0.25) is 0 Å². The van der Waals surface area contributed by atoms with Crippen LogP contribution < -0.4 is 0 Å². The summed E-state index contributed by atoms with van der Waals surface area (Å²) in [5.41, 5.74) is 3.95. The van der Waals surface area contributed by atoms with Crippen LogP contribution in [0, 0.1) is 0 Å². The van der Waals surface area contributed by atoms with Crippen molar-refractivity contribution in [1.82, 2.24) is 0 Å². The zero-order valence-electron chi connectivity index (χ0n) is 8.01. The van der Waals surface area contributed by atoms with E-state index in [-0.39, 0.29) is 0 Å². The predicted octanol–water partition coefficient (Wildman–Crippen LogP) is 3.78. The highest BCUT2D eigenvalue weighted by Gasteiger charge is 2.34. The van der Waals surface area contributed by atoms with E-state index in [1.54, 1.807) is 0 Å². The lowest BCUT2D eigenvalue weighted by molar-refractivity contribution is 0.874. The van der Waals surface area contributed by atoms with Gasteiger partial charge in [-0.25, -0.2) is 0 Å². The summed E-state index contributed by atoms with van der Waals surface area (Å²) in [6, 6.07) is 0. The first kappa shape index (κ1) is 11.0. The highest BCUT2D eigenvalue weighted by Crippen LogP contribution is 2.45. The molecule has 0 radical (unpaired) electrons. The van der Waals surface area contributed by atoms with Crippen LogP contribution in [0.4, 0.5) is 0 Å². The molecule has 0 heterocycles. The third kappa shape index (κ3) is 2.68. The van der Waals surface area contributed by atoms with Gasteiger partial charge in [-0.15, -0.1) is 12.6 Å². The summed E-state index contributed by atoms with van der Waals surface area (Å²) < 4.78 is 0. The molecule has 1 unspecified atom stereocenters. The van der Waals surface area contributed by atoms with Crippen molar-refractivity contribution in [2.75, 3.05) is 0 Å². The third-order valence-electron chi connectivity index (χ3n) is 2.22. The Kier molecular flexibility index (Phi) is 3.74. The Balaban J connectivity index is 2.74. The van der Waals surface area contributed by atoms with Crippen LogP contribution in [0.1, 0.15) is 26.2 Å². The second kappa shape index (κ2) is 4.43. The Labute approximate surface area is 91.6 Å². The summed E-state index contributed by atoms with van der Waals surface area (Å²) in [6.45, 7) is 9.94. The fraction of sp³-hybridized carbons (Fsp3) is 0.455. The van der Waals surface area contributed by atoms with Crippen LogP contribution in [0.2, 0.25) is 0 Å². The van der Waals surface area contributed by atoms with Crippen molar-refractivity contribution < 1.29 is 0 Å². The second-order valence-electron chi connectivity index (χ2n) is 3.44. The predicted molar refractivity (Wildman–Crippen MR) is 66.6 cm³/mol. The van der Waals surface area contributed by atoms with Crippen molar-refractivity contribution in [3.8, 4) is 0 Å². The first-order valence-corrected chi connectivity index (χ1v) is 5.50. The van der Waals surface area contributed by atoms with Gasteiger partial charge in [-0.1, -0.05) is 32.1 Å². The van der Waals surface area contributed by atoms with Crippen LogP contribution in [0.3, 0.4) is 0 Å². The lowest BCUT2D eigenvalue weighted by Gasteiger charge is -2.03. The molecule has 0 aromatic heterocycles. The molecule has 1 fully saturated rings. The monoisotopic (exact) mass is 212 g/mol. The van der Waals surface area contributed by atoms with Crippen molar-refractivity contribution >= 4 is 25.3 Å². The molecule has 0 aliphatic heterocycles. The van der Waals surface area contributed by atoms with Crippen LogP contribution >= 0.6 is 25.3 Å². The summed E-state index contributed by atoms with van der Waals surface area (Å²) in [5, 5.41) is 0.314. The van der Waals surface area contributed by atoms with Crippen molar-refractivity contribution in [1.29, 1.82) is 0 Å². The van der Waals surface area contributed by atoms with Gasteiger partial charge in [0.15, 0.2) is 0 Å². The van der Waals surface area contributed by atoms with Crippen LogP contribution in [0.25, 0.3) is 0 Å². The molecule has 1 aliphatic carbocycles.